The fourth-order valence-electron chi connectivity index (χ4n) is 4.26. The minimum Gasteiger partial charge on any atom is -0.326 e. The summed E-state index contributed by atoms with van der Waals surface area (Å²) in [4.78, 5) is 2.75. The van der Waals surface area contributed by atoms with Crippen molar-refractivity contribution in [3.8, 4) is 0 Å². The van der Waals surface area contributed by atoms with Crippen LogP contribution in [0.15, 0.2) is 0 Å². The van der Waals surface area contributed by atoms with E-state index in [0.717, 1.165) is 5.92 Å². The Balaban J connectivity index is 1.94. The van der Waals surface area contributed by atoms with Crippen LogP contribution in [0.3, 0.4) is 0 Å². The van der Waals surface area contributed by atoms with Crippen LogP contribution >= 0.6 is 0 Å². The predicted octanol–water partition coefficient (Wildman–Crippen LogP) is 4.18. The zero-order valence-corrected chi connectivity index (χ0v) is 14.0. The Labute approximate surface area is 126 Å². The SMILES string of the molecule is CC(C)(C)C1CCCN(C2CCCCCCC2N)CC1. The lowest BCUT2D eigenvalue weighted by Crippen LogP contribution is -2.48. The van der Waals surface area contributed by atoms with E-state index in [4.69, 9.17) is 5.73 Å². The molecule has 1 aliphatic carbocycles. The molecule has 2 rings (SSSR count). The average molecular weight is 280 g/mol. The second-order valence-electron chi connectivity index (χ2n) is 8.25. The lowest BCUT2D eigenvalue weighted by molar-refractivity contribution is 0.144. The van der Waals surface area contributed by atoms with Crippen molar-refractivity contribution < 1.29 is 0 Å². The third-order valence-electron chi connectivity index (χ3n) is 5.74. The average Bonchev–Trinajstić information content (AvgIpc) is 2.59. The Morgan fingerprint density at radius 3 is 2.20 bits per heavy atom. The highest BCUT2D eigenvalue weighted by Gasteiger charge is 2.31. The molecular formula is C18H36N2. The lowest BCUT2D eigenvalue weighted by atomic mass is 9.77. The van der Waals surface area contributed by atoms with Gasteiger partial charge >= 0.3 is 0 Å². The minimum atomic E-state index is 0.418. The van der Waals surface area contributed by atoms with Crippen molar-refractivity contribution in [2.24, 2.45) is 17.1 Å². The van der Waals surface area contributed by atoms with Gasteiger partial charge in [0, 0.05) is 12.1 Å². The van der Waals surface area contributed by atoms with Crippen LogP contribution in [0.2, 0.25) is 0 Å². The van der Waals surface area contributed by atoms with Crippen molar-refractivity contribution in [1.82, 2.24) is 4.90 Å². The molecule has 3 atom stereocenters. The zero-order valence-electron chi connectivity index (χ0n) is 14.0. The molecule has 0 bridgehead atoms. The summed E-state index contributed by atoms with van der Waals surface area (Å²) in [6, 6.07) is 1.08. The highest BCUT2D eigenvalue weighted by molar-refractivity contribution is 4.87. The molecule has 1 saturated heterocycles. The smallest absolute Gasteiger partial charge is 0.0247 e. The molecule has 2 aliphatic rings. The number of nitrogens with zero attached hydrogens (tertiary/aromatic N) is 1. The van der Waals surface area contributed by atoms with Gasteiger partial charge < -0.3 is 5.73 Å². The predicted molar refractivity (Wildman–Crippen MR) is 87.8 cm³/mol. The molecule has 3 unspecified atom stereocenters. The van der Waals surface area contributed by atoms with Gasteiger partial charge in [-0.25, -0.2) is 0 Å². The van der Waals surface area contributed by atoms with E-state index in [-0.39, 0.29) is 0 Å². The molecule has 0 spiro atoms. The summed E-state index contributed by atoms with van der Waals surface area (Å²) in [5.74, 6) is 0.886. The molecule has 1 heterocycles. The van der Waals surface area contributed by atoms with E-state index in [9.17, 15) is 0 Å². The quantitative estimate of drug-likeness (QED) is 0.780. The fourth-order valence-corrected chi connectivity index (χ4v) is 4.26. The summed E-state index contributed by atoms with van der Waals surface area (Å²) in [7, 11) is 0. The molecule has 2 heteroatoms. The van der Waals surface area contributed by atoms with E-state index in [1.54, 1.807) is 0 Å². The molecule has 0 radical (unpaired) electrons. The van der Waals surface area contributed by atoms with Crippen molar-refractivity contribution in [1.29, 1.82) is 0 Å². The fraction of sp³-hybridized carbons (Fsp3) is 1.00. The summed E-state index contributed by atoms with van der Waals surface area (Å²) in [5, 5.41) is 0. The van der Waals surface area contributed by atoms with Crippen molar-refractivity contribution in [2.45, 2.75) is 90.6 Å². The van der Waals surface area contributed by atoms with Crippen LogP contribution in [-0.2, 0) is 0 Å². The number of hydrogen-bond donors (Lipinski definition) is 1. The Kier molecular flexibility index (Phi) is 5.92. The van der Waals surface area contributed by atoms with Crippen LogP contribution in [0.5, 0.6) is 0 Å². The monoisotopic (exact) mass is 280 g/mol. The molecule has 2 nitrogen and oxygen atoms in total. The van der Waals surface area contributed by atoms with Crippen molar-refractivity contribution in [3.63, 3.8) is 0 Å². The topological polar surface area (TPSA) is 29.3 Å². The van der Waals surface area contributed by atoms with Crippen LogP contribution in [0.25, 0.3) is 0 Å². The van der Waals surface area contributed by atoms with E-state index in [2.05, 4.69) is 25.7 Å². The van der Waals surface area contributed by atoms with Gasteiger partial charge in [-0.1, -0.05) is 46.5 Å². The summed E-state index contributed by atoms with van der Waals surface area (Å²) in [5.41, 5.74) is 6.98. The van der Waals surface area contributed by atoms with Gasteiger partial charge in [-0.15, -0.1) is 0 Å². The largest absolute Gasteiger partial charge is 0.326 e. The van der Waals surface area contributed by atoms with Gasteiger partial charge in [-0.2, -0.15) is 0 Å². The standard InChI is InChI=1S/C18H36N2/c1-18(2,3)15-9-8-13-20(14-12-15)17-11-7-5-4-6-10-16(17)19/h15-17H,4-14,19H2,1-3H3. The van der Waals surface area contributed by atoms with E-state index in [0.29, 0.717) is 17.5 Å². The highest BCUT2D eigenvalue weighted by Crippen LogP contribution is 2.35. The van der Waals surface area contributed by atoms with Gasteiger partial charge in [-0.3, -0.25) is 4.90 Å². The molecule has 2 fully saturated rings. The highest BCUT2D eigenvalue weighted by atomic mass is 15.2. The second-order valence-corrected chi connectivity index (χ2v) is 8.25. The first kappa shape index (κ1) is 16.3. The zero-order chi connectivity index (χ0) is 14.6. The first-order valence-electron chi connectivity index (χ1n) is 8.98. The van der Waals surface area contributed by atoms with E-state index < -0.39 is 0 Å². The number of likely N-dealkylation sites (tertiary alicyclic amines) is 1. The number of rotatable bonds is 1. The van der Waals surface area contributed by atoms with Crippen molar-refractivity contribution >= 4 is 0 Å². The Morgan fingerprint density at radius 2 is 1.50 bits per heavy atom. The van der Waals surface area contributed by atoms with Crippen LogP contribution < -0.4 is 5.73 Å². The van der Waals surface area contributed by atoms with Crippen molar-refractivity contribution in [3.05, 3.63) is 0 Å². The lowest BCUT2D eigenvalue weighted by Gasteiger charge is -2.36. The van der Waals surface area contributed by atoms with Gasteiger partial charge in [-0.05, 0) is 56.5 Å². The van der Waals surface area contributed by atoms with Crippen molar-refractivity contribution in [2.75, 3.05) is 13.1 Å². The summed E-state index contributed by atoms with van der Waals surface area (Å²) >= 11 is 0. The minimum absolute atomic E-state index is 0.418. The van der Waals surface area contributed by atoms with Crippen LogP contribution in [0.1, 0.15) is 78.6 Å². The molecular weight excluding hydrogens is 244 g/mol. The van der Waals surface area contributed by atoms with E-state index >= 15 is 0 Å². The van der Waals surface area contributed by atoms with Crippen LogP contribution in [-0.4, -0.2) is 30.1 Å². The van der Waals surface area contributed by atoms with E-state index in [1.807, 2.05) is 0 Å². The molecule has 0 aromatic rings. The maximum absolute atomic E-state index is 6.51. The Morgan fingerprint density at radius 1 is 0.800 bits per heavy atom. The first-order valence-corrected chi connectivity index (χ1v) is 8.98. The molecule has 0 aromatic carbocycles. The molecule has 118 valence electrons. The van der Waals surface area contributed by atoms with Gasteiger partial charge in [0.15, 0.2) is 0 Å². The van der Waals surface area contributed by atoms with Crippen LogP contribution in [0.4, 0.5) is 0 Å². The molecule has 1 saturated carbocycles. The Bertz CT molecular complexity index is 282. The van der Waals surface area contributed by atoms with Gasteiger partial charge in [0.05, 0.1) is 0 Å². The maximum Gasteiger partial charge on any atom is 0.0247 e. The summed E-state index contributed by atoms with van der Waals surface area (Å²) < 4.78 is 0. The molecule has 20 heavy (non-hydrogen) atoms. The van der Waals surface area contributed by atoms with Gasteiger partial charge in [0.1, 0.15) is 0 Å². The number of nitrogens with two attached hydrogens (primary N) is 1. The Hall–Kier alpha value is -0.0800. The third kappa shape index (κ3) is 4.46. The van der Waals surface area contributed by atoms with Gasteiger partial charge in [0.25, 0.3) is 0 Å². The van der Waals surface area contributed by atoms with Crippen LogP contribution in [0, 0.1) is 11.3 Å². The third-order valence-corrected chi connectivity index (χ3v) is 5.74. The molecule has 0 aromatic heterocycles. The molecule has 0 amide bonds. The summed E-state index contributed by atoms with van der Waals surface area (Å²) in [6.07, 6.45) is 12.3. The molecule has 1 aliphatic heterocycles. The first-order chi connectivity index (χ1) is 9.48. The molecule has 2 N–H and O–H groups in total. The number of hydrogen-bond acceptors (Lipinski definition) is 2. The second kappa shape index (κ2) is 7.26. The van der Waals surface area contributed by atoms with E-state index in [1.165, 1.54) is 70.9 Å². The van der Waals surface area contributed by atoms with Gasteiger partial charge in [0.2, 0.25) is 0 Å². The maximum atomic E-state index is 6.51. The summed E-state index contributed by atoms with van der Waals surface area (Å²) in [6.45, 7) is 9.80. The normalized spacial score (nSPS) is 35.1.